The van der Waals surface area contributed by atoms with Crippen molar-refractivity contribution in [1.82, 2.24) is 10.2 Å². The maximum atomic E-state index is 5.72. The smallest absolute Gasteiger partial charge is 0.195 e. The van der Waals surface area contributed by atoms with Gasteiger partial charge in [0.25, 0.3) is 0 Å². The molecule has 6 nitrogen and oxygen atoms in total. The number of benzene rings is 1. The number of nitrogens with one attached hydrogen (secondary N) is 2. The van der Waals surface area contributed by atoms with E-state index in [1.807, 2.05) is 50.2 Å². The van der Waals surface area contributed by atoms with Gasteiger partial charge in [0, 0.05) is 31.7 Å². The number of hydrogen-bond acceptors (Lipinski definition) is 4. The Morgan fingerprint density at radius 1 is 1.28 bits per heavy atom. The summed E-state index contributed by atoms with van der Waals surface area (Å²) in [6.45, 7) is 7.92. The van der Waals surface area contributed by atoms with E-state index >= 15 is 0 Å². The van der Waals surface area contributed by atoms with Crippen LogP contribution in [0.25, 0.3) is 0 Å². The largest absolute Gasteiger partial charge is 0.491 e. The molecule has 7 heteroatoms. The highest BCUT2D eigenvalue weighted by molar-refractivity contribution is 14.0. The van der Waals surface area contributed by atoms with Gasteiger partial charge < -0.3 is 24.7 Å². The van der Waals surface area contributed by atoms with Gasteiger partial charge in [-0.3, -0.25) is 4.99 Å². The van der Waals surface area contributed by atoms with Crippen LogP contribution in [0.4, 0.5) is 5.69 Å². The van der Waals surface area contributed by atoms with Crippen molar-refractivity contribution in [2.24, 2.45) is 10.9 Å². The number of hydrogen-bond donors (Lipinski definition) is 2. The van der Waals surface area contributed by atoms with E-state index in [1.54, 1.807) is 6.26 Å². The Hall–Kier alpha value is -1.74. The van der Waals surface area contributed by atoms with Crippen LogP contribution in [0.5, 0.6) is 5.75 Å². The molecule has 0 radical (unpaired) electrons. The lowest BCUT2D eigenvalue weighted by Gasteiger charge is -2.15. The lowest BCUT2D eigenvalue weighted by molar-refractivity contribution is 0.242. The SMILES string of the molecule is CC(C)Oc1ccc(NC(=NCC2CCN(C)C2)NCCc2ccco2)cc1.I. The average Bonchev–Trinajstić information content (AvgIpc) is 3.32. The van der Waals surface area contributed by atoms with Crippen LogP contribution in [-0.2, 0) is 6.42 Å². The highest BCUT2D eigenvalue weighted by atomic mass is 127. The van der Waals surface area contributed by atoms with Crippen molar-refractivity contribution in [3.63, 3.8) is 0 Å². The number of aliphatic imine (C=N–C) groups is 1. The third-order valence-corrected chi connectivity index (χ3v) is 4.73. The monoisotopic (exact) mass is 512 g/mol. The molecule has 1 aromatic carbocycles. The van der Waals surface area contributed by atoms with Gasteiger partial charge in [-0.05, 0) is 76.2 Å². The minimum atomic E-state index is 0. The Balaban J connectivity index is 0.00000300. The fourth-order valence-corrected chi connectivity index (χ4v) is 3.32. The number of furan rings is 1. The van der Waals surface area contributed by atoms with Crippen LogP contribution in [0.2, 0.25) is 0 Å². The van der Waals surface area contributed by atoms with Crippen molar-refractivity contribution in [1.29, 1.82) is 0 Å². The Labute approximate surface area is 191 Å². The van der Waals surface area contributed by atoms with Crippen LogP contribution >= 0.6 is 24.0 Å². The van der Waals surface area contributed by atoms with Crippen molar-refractivity contribution in [3.05, 3.63) is 48.4 Å². The molecule has 1 aliphatic rings. The molecule has 2 aromatic rings. The van der Waals surface area contributed by atoms with Gasteiger partial charge in [-0.25, -0.2) is 0 Å². The second-order valence-corrected chi connectivity index (χ2v) is 7.68. The molecular weight excluding hydrogens is 479 g/mol. The predicted octanol–water partition coefficient (Wildman–Crippen LogP) is 4.24. The molecule has 0 bridgehead atoms. The molecule has 2 heterocycles. The molecule has 2 N–H and O–H groups in total. The maximum absolute atomic E-state index is 5.72. The van der Waals surface area contributed by atoms with E-state index in [1.165, 1.54) is 6.42 Å². The molecule has 160 valence electrons. The van der Waals surface area contributed by atoms with Crippen LogP contribution in [0.1, 0.15) is 26.0 Å². The number of ether oxygens (including phenoxy) is 1. The zero-order chi connectivity index (χ0) is 19.8. The Bertz CT molecular complexity index is 732. The summed E-state index contributed by atoms with van der Waals surface area (Å²) in [4.78, 5) is 7.20. The molecule has 3 rings (SSSR count). The summed E-state index contributed by atoms with van der Waals surface area (Å²) in [5.41, 5.74) is 0.990. The van der Waals surface area contributed by atoms with Gasteiger partial charge in [-0.2, -0.15) is 0 Å². The quantitative estimate of drug-likeness (QED) is 0.315. The summed E-state index contributed by atoms with van der Waals surface area (Å²) >= 11 is 0. The van der Waals surface area contributed by atoms with Crippen LogP contribution < -0.4 is 15.4 Å². The van der Waals surface area contributed by atoms with Crippen molar-refractivity contribution in [3.8, 4) is 5.75 Å². The molecule has 0 aliphatic carbocycles. The van der Waals surface area contributed by atoms with Crippen molar-refractivity contribution in [2.45, 2.75) is 32.8 Å². The fourth-order valence-electron chi connectivity index (χ4n) is 3.32. The third kappa shape index (κ3) is 8.26. The lowest BCUT2D eigenvalue weighted by atomic mass is 10.1. The summed E-state index contributed by atoms with van der Waals surface area (Å²) in [6.07, 6.45) is 3.91. The van der Waals surface area contributed by atoms with E-state index in [2.05, 4.69) is 22.6 Å². The van der Waals surface area contributed by atoms with Crippen molar-refractivity contribution in [2.75, 3.05) is 38.5 Å². The summed E-state index contributed by atoms with van der Waals surface area (Å²) in [6, 6.07) is 11.9. The molecule has 0 spiro atoms. The first kappa shape index (κ1) is 23.5. The maximum Gasteiger partial charge on any atom is 0.195 e. The predicted molar refractivity (Wildman–Crippen MR) is 130 cm³/mol. The Kier molecular flexibility index (Phi) is 9.80. The van der Waals surface area contributed by atoms with Crippen molar-refractivity contribution < 1.29 is 9.15 Å². The van der Waals surface area contributed by atoms with E-state index < -0.39 is 0 Å². The standard InChI is InChI=1S/C22H32N4O2.HI/c1-17(2)28-21-8-6-19(7-9-21)25-22(23-12-10-20-5-4-14-27-20)24-15-18-11-13-26(3)16-18;/h4-9,14,17-18H,10-13,15-16H2,1-3H3,(H2,23,24,25);1H. The van der Waals surface area contributed by atoms with Gasteiger partial charge in [0.05, 0.1) is 12.4 Å². The van der Waals surface area contributed by atoms with E-state index in [4.69, 9.17) is 14.1 Å². The van der Waals surface area contributed by atoms with Crippen LogP contribution in [0, 0.1) is 5.92 Å². The first-order valence-corrected chi connectivity index (χ1v) is 10.1. The second-order valence-electron chi connectivity index (χ2n) is 7.68. The number of halogens is 1. The number of likely N-dealkylation sites (tertiary alicyclic amines) is 1. The first-order valence-electron chi connectivity index (χ1n) is 10.1. The molecule has 1 fully saturated rings. The van der Waals surface area contributed by atoms with Gasteiger partial charge >= 0.3 is 0 Å². The summed E-state index contributed by atoms with van der Waals surface area (Å²) < 4.78 is 11.1. The van der Waals surface area contributed by atoms with E-state index in [9.17, 15) is 0 Å². The number of nitrogens with zero attached hydrogens (tertiary/aromatic N) is 2. The summed E-state index contributed by atoms with van der Waals surface area (Å²) in [5.74, 6) is 3.27. The van der Waals surface area contributed by atoms with E-state index in [0.717, 1.165) is 55.8 Å². The zero-order valence-electron chi connectivity index (χ0n) is 17.6. The van der Waals surface area contributed by atoms with Crippen molar-refractivity contribution >= 4 is 35.6 Å². The molecule has 1 aromatic heterocycles. The molecule has 1 saturated heterocycles. The number of anilines is 1. The van der Waals surface area contributed by atoms with Crippen LogP contribution in [-0.4, -0.2) is 50.2 Å². The van der Waals surface area contributed by atoms with Gasteiger partial charge in [-0.1, -0.05) is 0 Å². The molecule has 0 saturated carbocycles. The average molecular weight is 512 g/mol. The Morgan fingerprint density at radius 3 is 2.69 bits per heavy atom. The minimum Gasteiger partial charge on any atom is -0.491 e. The number of guanidine groups is 1. The van der Waals surface area contributed by atoms with E-state index in [-0.39, 0.29) is 30.1 Å². The fraction of sp³-hybridized carbons (Fsp3) is 0.500. The van der Waals surface area contributed by atoms with Crippen LogP contribution in [0.15, 0.2) is 52.1 Å². The number of rotatable bonds is 8. The molecule has 1 unspecified atom stereocenters. The summed E-state index contributed by atoms with van der Waals surface area (Å²) in [5, 5.41) is 6.84. The molecule has 0 amide bonds. The molecule has 29 heavy (non-hydrogen) atoms. The summed E-state index contributed by atoms with van der Waals surface area (Å²) in [7, 11) is 2.17. The first-order chi connectivity index (χ1) is 13.6. The normalized spacial score (nSPS) is 17.2. The zero-order valence-corrected chi connectivity index (χ0v) is 19.9. The minimum absolute atomic E-state index is 0. The molecule has 1 atom stereocenters. The molecule has 1 aliphatic heterocycles. The van der Waals surface area contributed by atoms with Gasteiger partial charge in [0.1, 0.15) is 11.5 Å². The van der Waals surface area contributed by atoms with Gasteiger partial charge in [-0.15, -0.1) is 24.0 Å². The highest BCUT2D eigenvalue weighted by Gasteiger charge is 2.19. The third-order valence-electron chi connectivity index (χ3n) is 4.73. The van der Waals surface area contributed by atoms with E-state index in [0.29, 0.717) is 5.92 Å². The highest BCUT2D eigenvalue weighted by Crippen LogP contribution is 2.17. The van der Waals surface area contributed by atoms with Gasteiger partial charge in [0.15, 0.2) is 5.96 Å². The van der Waals surface area contributed by atoms with Gasteiger partial charge in [0.2, 0.25) is 0 Å². The topological polar surface area (TPSA) is 62.0 Å². The lowest BCUT2D eigenvalue weighted by Crippen LogP contribution is -2.33. The Morgan fingerprint density at radius 2 is 2.07 bits per heavy atom. The van der Waals surface area contributed by atoms with Crippen LogP contribution in [0.3, 0.4) is 0 Å². The molecular formula is C22H33IN4O2. The second kappa shape index (κ2) is 12.1.